The van der Waals surface area contributed by atoms with E-state index in [1.807, 2.05) is 13.8 Å². The molecule has 1 aromatic carbocycles. The van der Waals surface area contributed by atoms with Crippen LogP contribution in [0, 0.1) is 42.9 Å². The van der Waals surface area contributed by atoms with E-state index in [2.05, 4.69) is 29.6 Å². The minimum atomic E-state index is 0.0548. The highest BCUT2D eigenvalue weighted by Crippen LogP contribution is 2.49. The Kier molecular flexibility index (Phi) is 4.54. The van der Waals surface area contributed by atoms with Crippen molar-refractivity contribution in [1.82, 2.24) is 0 Å². The molecule has 0 radical (unpaired) electrons. The summed E-state index contributed by atoms with van der Waals surface area (Å²) >= 11 is 7.94. The lowest BCUT2D eigenvalue weighted by Gasteiger charge is -2.20. The average molecular weight is 385 g/mol. The SMILES string of the molecule is Cc1ccc(C)c(-c2sc(NC(=O)[C@@H]3C[C@@H]4CC[C@H]3C4)c(C#N)c2Cl)c1. The summed E-state index contributed by atoms with van der Waals surface area (Å²) < 4.78 is 0. The number of amides is 1. The van der Waals surface area contributed by atoms with E-state index in [0.717, 1.165) is 34.4 Å². The van der Waals surface area contributed by atoms with Crippen LogP contribution in [0.2, 0.25) is 5.02 Å². The molecule has 2 bridgehead atoms. The Morgan fingerprint density at radius 1 is 1.31 bits per heavy atom. The molecule has 0 spiro atoms. The second kappa shape index (κ2) is 6.72. The summed E-state index contributed by atoms with van der Waals surface area (Å²) in [6, 6.07) is 8.38. The Morgan fingerprint density at radius 2 is 2.12 bits per heavy atom. The summed E-state index contributed by atoms with van der Waals surface area (Å²) in [7, 11) is 0. The van der Waals surface area contributed by atoms with Crippen LogP contribution in [0.25, 0.3) is 10.4 Å². The lowest BCUT2D eigenvalue weighted by atomic mass is 9.88. The Labute approximate surface area is 163 Å². The van der Waals surface area contributed by atoms with Crippen LogP contribution in [0.1, 0.15) is 42.4 Å². The summed E-state index contributed by atoms with van der Waals surface area (Å²) in [5, 5.41) is 13.6. The molecular formula is C21H21ClN2OS. The third-order valence-corrected chi connectivity index (χ3v) is 7.54. The minimum absolute atomic E-state index is 0.0548. The molecule has 3 atom stereocenters. The standard InChI is InChI=1S/C21H21ClN2OS/c1-11-3-4-12(2)15(7-11)19-18(22)17(10-23)21(26-19)24-20(25)16-9-13-5-6-14(16)8-13/h3-4,7,13-14,16H,5-6,8-9H2,1-2H3,(H,24,25)/t13-,14+,16-/m1/s1. The molecule has 2 aromatic rings. The van der Waals surface area contributed by atoms with Crippen LogP contribution in [0.15, 0.2) is 18.2 Å². The van der Waals surface area contributed by atoms with Gasteiger partial charge in [-0.15, -0.1) is 11.3 Å². The molecule has 0 unspecified atom stereocenters. The molecule has 2 fully saturated rings. The number of nitriles is 1. The molecule has 1 amide bonds. The van der Waals surface area contributed by atoms with Gasteiger partial charge in [0, 0.05) is 5.92 Å². The number of nitrogens with zero attached hydrogens (tertiary/aromatic N) is 1. The normalized spacial score (nSPS) is 23.8. The predicted molar refractivity (Wildman–Crippen MR) is 107 cm³/mol. The highest BCUT2D eigenvalue weighted by atomic mass is 35.5. The van der Waals surface area contributed by atoms with Gasteiger partial charge in [0.1, 0.15) is 16.6 Å². The molecule has 2 saturated carbocycles. The molecule has 2 aliphatic carbocycles. The number of aryl methyl sites for hydroxylation is 2. The first-order valence-electron chi connectivity index (χ1n) is 9.08. The Balaban J connectivity index is 1.66. The largest absolute Gasteiger partial charge is 0.316 e. The second-order valence-corrected chi connectivity index (χ2v) is 9.05. The maximum atomic E-state index is 12.8. The fourth-order valence-corrected chi connectivity index (χ4v) is 6.06. The zero-order valence-electron chi connectivity index (χ0n) is 14.9. The number of fused-ring (bicyclic) bond motifs is 2. The van der Waals surface area contributed by atoms with Gasteiger partial charge in [0.05, 0.1) is 9.90 Å². The summed E-state index contributed by atoms with van der Waals surface area (Å²) in [4.78, 5) is 13.6. The number of anilines is 1. The molecule has 4 rings (SSSR count). The molecule has 1 aromatic heterocycles. The van der Waals surface area contributed by atoms with Gasteiger partial charge in [-0.3, -0.25) is 4.79 Å². The van der Waals surface area contributed by atoms with Crippen LogP contribution in [-0.2, 0) is 4.79 Å². The Hall–Kier alpha value is -1.83. The Bertz CT molecular complexity index is 927. The van der Waals surface area contributed by atoms with Gasteiger partial charge in [-0.25, -0.2) is 0 Å². The highest BCUT2D eigenvalue weighted by molar-refractivity contribution is 7.20. The molecule has 134 valence electrons. The third kappa shape index (κ3) is 2.94. The van der Waals surface area contributed by atoms with E-state index >= 15 is 0 Å². The van der Waals surface area contributed by atoms with Gasteiger partial charge in [0.2, 0.25) is 5.91 Å². The van der Waals surface area contributed by atoms with Crippen molar-refractivity contribution in [3.8, 4) is 16.5 Å². The number of halogens is 1. The molecule has 0 saturated heterocycles. The average Bonchev–Trinajstić information content (AvgIpc) is 3.32. The number of thiophene rings is 1. The summed E-state index contributed by atoms with van der Waals surface area (Å²) in [6.07, 6.45) is 4.59. The van der Waals surface area contributed by atoms with E-state index in [0.29, 0.717) is 27.4 Å². The first-order chi connectivity index (χ1) is 12.5. The lowest BCUT2D eigenvalue weighted by Crippen LogP contribution is -2.27. The van der Waals surface area contributed by atoms with Crippen LogP contribution in [-0.4, -0.2) is 5.91 Å². The van der Waals surface area contributed by atoms with Crippen molar-refractivity contribution in [2.24, 2.45) is 17.8 Å². The van der Waals surface area contributed by atoms with Gasteiger partial charge in [-0.2, -0.15) is 5.26 Å². The summed E-state index contributed by atoms with van der Waals surface area (Å²) in [6.45, 7) is 4.07. The number of benzene rings is 1. The molecular weight excluding hydrogens is 364 g/mol. The fraction of sp³-hybridized carbons (Fsp3) is 0.429. The number of hydrogen-bond donors (Lipinski definition) is 1. The van der Waals surface area contributed by atoms with Crippen LogP contribution in [0.4, 0.5) is 5.00 Å². The zero-order chi connectivity index (χ0) is 18.4. The van der Waals surface area contributed by atoms with Gasteiger partial charge in [0.25, 0.3) is 0 Å². The smallest absolute Gasteiger partial charge is 0.228 e. The number of carbonyl (C=O) groups excluding carboxylic acids is 1. The highest BCUT2D eigenvalue weighted by Gasteiger charge is 2.43. The molecule has 5 heteroatoms. The van der Waals surface area contributed by atoms with E-state index in [1.54, 1.807) is 0 Å². The molecule has 0 aliphatic heterocycles. The van der Waals surface area contributed by atoms with Crippen molar-refractivity contribution in [3.05, 3.63) is 39.9 Å². The minimum Gasteiger partial charge on any atom is -0.316 e. The van der Waals surface area contributed by atoms with Crippen molar-refractivity contribution in [2.75, 3.05) is 5.32 Å². The van der Waals surface area contributed by atoms with Gasteiger partial charge < -0.3 is 5.32 Å². The maximum Gasteiger partial charge on any atom is 0.228 e. The number of nitrogens with one attached hydrogen (secondary N) is 1. The van der Waals surface area contributed by atoms with Crippen molar-refractivity contribution < 1.29 is 4.79 Å². The maximum absolute atomic E-state index is 12.8. The van der Waals surface area contributed by atoms with Crippen LogP contribution < -0.4 is 5.32 Å². The van der Waals surface area contributed by atoms with E-state index in [9.17, 15) is 10.1 Å². The van der Waals surface area contributed by atoms with Crippen molar-refractivity contribution in [1.29, 1.82) is 5.26 Å². The quantitative estimate of drug-likeness (QED) is 0.712. The monoisotopic (exact) mass is 384 g/mol. The molecule has 26 heavy (non-hydrogen) atoms. The van der Waals surface area contributed by atoms with E-state index in [-0.39, 0.29) is 11.8 Å². The predicted octanol–water partition coefficient (Wildman–Crippen LogP) is 5.93. The van der Waals surface area contributed by atoms with Gasteiger partial charge in [-0.05, 0) is 56.1 Å². The fourth-order valence-electron chi connectivity index (χ4n) is 4.52. The third-order valence-electron chi connectivity index (χ3n) is 5.91. The topological polar surface area (TPSA) is 52.9 Å². The van der Waals surface area contributed by atoms with Crippen LogP contribution in [0.3, 0.4) is 0 Å². The van der Waals surface area contributed by atoms with E-state index < -0.39 is 0 Å². The molecule has 1 N–H and O–H groups in total. The first-order valence-corrected chi connectivity index (χ1v) is 10.3. The summed E-state index contributed by atoms with van der Waals surface area (Å²) in [5.74, 6) is 1.37. The second-order valence-electron chi connectivity index (χ2n) is 7.65. The zero-order valence-corrected chi connectivity index (χ0v) is 16.5. The number of rotatable bonds is 3. The Morgan fingerprint density at radius 3 is 2.77 bits per heavy atom. The number of carbonyl (C=O) groups is 1. The van der Waals surface area contributed by atoms with E-state index in [4.69, 9.17) is 11.6 Å². The van der Waals surface area contributed by atoms with E-state index in [1.165, 1.54) is 24.2 Å². The van der Waals surface area contributed by atoms with Crippen molar-refractivity contribution in [2.45, 2.75) is 39.5 Å². The lowest BCUT2D eigenvalue weighted by molar-refractivity contribution is -0.121. The summed E-state index contributed by atoms with van der Waals surface area (Å²) in [5.41, 5.74) is 3.65. The number of hydrogen-bond acceptors (Lipinski definition) is 3. The van der Waals surface area contributed by atoms with Crippen LogP contribution in [0.5, 0.6) is 0 Å². The molecule has 2 aliphatic rings. The molecule has 1 heterocycles. The van der Waals surface area contributed by atoms with Crippen molar-refractivity contribution in [3.63, 3.8) is 0 Å². The van der Waals surface area contributed by atoms with Crippen LogP contribution >= 0.6 is 22.9 Å². The first kappa shape index (κ1) is 17.6. The van der Waals surface area contributed by atoms with Gasteiger partial charge in [0.15, 0.2) is 0 Å². The van der Waals surface area contributed by atoms with Gasteiger partial charge in [-0.1, -0.05) is 41.8 Å². The van der Waals surface area contributed by atoms with Crippen molar-refractivity contribution >= 4 is 33.8 Å². The van der Waals surface area contributed by atoms with Gasteiger partial charge >= 0.3 is 0 Å². The molecule has 3 nitrogen and oxygen atoms in total.